The van der Waals surface area contributed by atoms with Gasteiger partial charge in [-0.25, -0.2) is 4.98 Å². The average Bonchev–Trinajstić information content (AvgIpc) is 3.18. The third-order valence-corrected chi connectivity index (χ3v) is 5.32. The quantitative estimate of drug-likeness (QED) is 0.318. The number of aromatic hydroxyl groups is 1. The minimum atomic E-state index is -0.370. The molecule has 0 unspecified atom stereocenters. The number of benzene rings is 3. The fraction of sp³-hybridized carbons (Fsp3) is 0.0870. The number of nitrogens with zero attached hydrogens (tertiary/aromatic N) is 1. The van der Waals surface area contributed by atoms with Gasteiger partial charge in [-0.15, -0.1) is 0 Å². The molecule has 0 bridgehead atoms. The van der Waals surface area contributed by atoms with Crippen molar-refractivity contribution in [1.82, 2.24) is 10.3 Å². The van der Waals surface area contributed by atoms with Gasteiger partial charge >= 0.3 is 0 Å². The van der Waals surface area contributed by atoms with Crippen LogP contribution in [0, 0.1) is 6.92 Å². The molecule has 0 saturated carbocycles. The normalized spacial score (nSPS) is 10.7. The van der Waals surface area contributed by atoms with Crippen LogP contribution in [0.15, 0.2) is 69.6 Å². The van der Waals surface area contributed by atoms with Gasteiger partial charge in [0.1, 0.15) is 17.0 Å². The summed E-state index contributed by atoms with van der Waals surface area (Å²) < 4.78 is 11.8. The summed E-state index contributed by atoms with van der Waals surface area (Å²) in [5, 5.41) is 15.3. The number of thiocarbonyl (C=S) groups is 1. The second kappa shape index (κ2) is 9.37. The molecule has 9 heteroatoms. The summed E-state index contributed by atoms with van der Waals surface area (Å²) >= 11 is 8.51. The van der Waals surface area contributed by atoms with Gasteiger partial charge in [0.05, 0.1) is 4.47 Å². The summed E-state index contributed by atoms with van der Waals surface area (Å²) in [5.41, 5.74) is 3.69. The number of oxazole rings is 1. The summed E-state index contributed by atoms with van der Waals surface area (Å²) in [6.07, 6.45) is 0. The predicted octanol–water partition coefficient (Wildman–Crippen LogP) is 5.16. The number of carbonyl (C=O) groups excluding carboxylic acids is 1. The summed E-state index contributed by atoms with van der Waals surface area (Å²) in [7, 11) is 0. The van der Waals surface area contributed by atoms with Crippen molar-refractivity contribution >= 4 is 56.0 Å². The predicted molar refractivity (Wildman–Crippen MR) is 130 cm³/mol. The molecule has 0 aliphatic heterocycles. The SMILES string of the molecule is Cc1ccc(OCC(=O)NC(=S)Nc2ccc3oc(-c4ccc(O)c(Br)c4)nc3c2)cc1. The van der Waals surface area contributed by atoms with Crippen LogP contribution in [-0.4, -0.2) is 27.7 Å². The van der Waals surface area contributed by atoms with Crippen molar-refractivity contribution in [2.24, 2.45) is 0 Å². The first-order valence-corrected chi connectivity index (χ1v) is 10.8. The summed E-state index contributed by atoms with van der Waals surface area (Å²) in [6, 6.07) is 17.7. The lowest BCUT2D eigenvalue weighted by atomic mass is 10.2. The van der Waals surface area contributed by atoms with Gasteiger partial charge in [0.25, 0.3) is 5.91 Å². The van der Waals surface area contributed by atoms with Crippen LogP contribution in [0.2, 0.25) is 0 Å². The van der Waals surface area contributed by atoms with E-state index in [2.05, 4.69) is 31.5 Å². The van der Waals surface area contributed by atoms with E-state index >= 15 is 0 Å². The number of amides is 1. The molecule has 1 heterocycles. The van der Waals surface area contributed by atoms with Crippen LogP contribution in [0.4, 0.5) is 5.69 Å². The molecule has 0 spiro atoms. The Balaban J connectivity index is 1.37. The lowest BCUT2D eigenvalue weighted by Crippen LogP contribution is -2.37. The number of rotatable bonds is 5. The molecular weight excluding hydrogens is 494 g/mol. The molecule has 0 aliphatic rings. The molecule has 3 aromatic carbocycles. The van der Waals surface area contributed by atoms with Crippen LogP contribution >= 0.6 is 28.1 Å². The van der Waals surface area contributed by atoms with E-state index < -0.39 is 0 Å². The fourth-order valence-electron chi connectivity index (χ4n) is 2.88. The highest BCUT2D eigenvalue weighted by molar-refractivity contribution is 9.10. The summed E-state index contributed by atoms with van der Waals surface area (Å²) in [5.74, 6) is 0.793. The minimum absolute atomic E-state index is 0.135. The maximum absolute atomic E-state index is 12.1. The van der Waals surface area contributed by atoms with Crippen molar-refractivity contribution in [2.75, 3.05) is 11.9 Å². The molecule has 32 heavy (non-hydrogen) atoms. The number of phenolic OH excluding ortho intramolecular Hbond substituents is 1. The van der Waals surface area contributed by atoms with E-state index in [4.69, 9.17) is 21.4 Å². The third-order valence-electron chi connectivity index (χ3n) is 4.48. The lowest BCUT2D eigenvalue weighted by Gasteiger charge is -2.10. The first-order chi connectivity index (χ1) is 15.4. The molecule has 0 aliphatic carbocycles. The van der Waals surface area contributed by atoms with E-state index in [0.717, 1.165) is 11.1 Å². The Hall–Kier alpha value is -3.43. The van der Waals surface area contributed by atoms with Gasteiger partial charge in [-0.2, -0.15) is 0 Å². The van der Waals surface area contributed by atoms with Crippen molar-refractivity contribution in [3.8, 4) is 23.0 Å². The van der Waals surface area contributed by atoms with Gasteiger partial charge < -0.3 is 19.6 Å². The number of phenols is 1. The van der Waals surface area contributed by atoms with E-state index in [1.807, 2.05) is 19.1 Å². The maximum atomic E-state index is 12.1. The number of hydrogen-bond donors (Lipinski definition) is 3. The number of nitrogens with one attached hydrogen (secondary N) is 2. The second-order valence-corrected chi connectivity index (χ2v) is 8.23. The van der Waals surface area contributed by atoms with Crippen LogP contribution < -0.4 is 15.4 Å². The first-order valence-electron chi connectivity index (χ1n) is 9.57. The monoisotopic (exact) mass is 511 g/mol. The minimum Gasteiger partial charge on any atom is -0.507 e. The van der Waals surface area contributed by atoms with Gasteiger partial charge in [0.2, 0.25) is 5.89 Å². The molecule has 1 aromatic heterocycles. The van der Waals surface area contributed by atoms with Gasteiger partial charge in [-0.05, 0) is 83.6 Å². The van der Waals surface area contributed by atoms with Crippen LogP contribution in [-0.2, 0) is 4.79 Å². The third kappa shape index (κ3) is 5.24. The van der Waals surface area contributed by atoms with Crippen molar-refractivity contribution in [3.63, 3.8) is 0 Å². The molecule has 3 N–H and O–H groups in total. The Kier molecular flexibility index (Phi) is 6.38. The second-order valence-electron chi connectivity index (χ2n) is 6.97. The van der Waals surface area contributed by atoms with Crippen molar-refractivity contribution in [3.05, 3.63) is 70.7 Å². The number of aromatic nitrogens is 1. The highest BCUT2D eigenvalue weighted by Gasteiger charge is 2.12. The zero-order valence-electron chi connectivity index (χ0n) is 16.9. The number of aryl methyl sites for hydroxylation is 1. The van der Waals surface area contributed by atoms with Gasteiger partial charge in [0, 0.05) is 11.3 Å². The Morgan fingerprint density at radius 3 is 2.69 bits per heavy atom. The van der Waals surface area contributed by atoms with E-state index in [0.29, 0.717) is 32.9 Å². The van der Waals surface area contributed by atoms with E-state index in [1.54, 1.807) is 48.5 Å². The maximum Gasteiger partial charge on any atom is 0.264 e. The zero-order chi connectivity index (χ0) is 22.7. The Bertz CT molecular complexity index is 1300. The largest absolute Gasteiger partial charge is 0.507 e. The van der Waals surface area contributed by atoms with E-state index in [1.165, 1.54) is 0 Å². The molecule has 0 atom stereocenters. The van der Waals surface area contributed by atoms with E-state index in [9.17, 15) is 9.90 Å². The average molecular weight is 512 g/mol. The smallest absolute Gasteiger partial charge is 0.264 e. The topological polar surface area (TPSA) is 96.6 Å². The molecule has 4 rings (SSSR count). The number of carbonyl (C=O) groups is 1. The molecule has 4 aromatic rings. The van der Waals surface area contributed by atoms with Crippen molar-refractivity contribution < 1.29 is 19.1 Å². The van der Waals surface area contributed by atoms with E-state index in [-0.39, 0.29) is 23.4 Å². The standard InChI is InChI=1S/C23H18BrN3O4S/c1-13-2-6-16(7-3-13)30-12-21(29)27-23(32)25-15-5-9-20-18(11-15)26-22(31-20)14-4-8-19(28)17(24)10-14/h2-11,28H,12H2,1H3,(H2,25,27,29,32). The molecular formula is C23H18BrN3O4S. The van der Waals surface area contributed by atoms with Crippen LogP contribution in [0.5, 0.6) is 11.5 Å². The molecule has 7 nitrogen and oxygen atoms in total. The van der Waals surface area contributed by atoms with Crippen LogP contribution in [0.3, 0.4) is 0 Å². The number of hydrogen-bond acceptors (Lipinski definition) is 6. The molecule has 0 fully saturated rings. The molecule has 1 amide bonds. The van der Waals surface area contributed by atoms with Crippen molar-refractivity contribution in [2.45, 2.75) is 6.92 Å². The highest BCUT2D eigenvalue weighted by Crippen LogP contribution is 2.31. The first kappa shape index (κ1) is 21.8. The Morgan fingerprint density at radius 1 is 1.16 bits per heavy atom. The summed E-state index contributed by atoms with van der Waals surface area (Å²) in [4.78, 5) is 16.6. The van der Waals surface area contributed by atoms with Gasteiger partial charge in [-0.1, -0.05) is 17.7 Å². The molecule has 0 radical (unpaired) electrons. The number of halogens is 1. The highest BCUT2D eigenvalue weighted by atomic mass is 79.9. The molecule has 162 valence electrons. The van der Waals surface area contributed by atoms with Gasteiger partial charge in [0.15, 0.2) is 17.3 Å². The number of anilines is 1. The van der Waals surface area contributed by atoms with Crippen LogP contribution in [0.25, 0.3) is 22.6 Å². The van der Waals surface area contributed by atoms with Crippen LogP contribution in [0.1, 0.15) is 5.56 Å². The lowest BCUT2D eigenvalue weighted by molar-refractivity contribution is -0.121. The summed E-state index contributed by atoms with van der Waals surface area (Å²) in [6.45, 7) is 1.82. The number of ether oxygens (including phenoxy) is 1. The zero-order valence-corrected chi connectivity index (χ0v) is 19.3. The molecule has 0 saturated heterocycles. The number of fused-ring (bicyclic) bond motifs is 1. The Labute approximate surface area is 197 Å². The van der Waals surface area contributed by atoms with Gasteiger partial charge in [-0.3, -0.25) is 10.1 Å². The van der Waals surface area contributed by atoms with Crippen molar-refractivity contribution in [1.29, 1.82) is 0 Å². The Morgan fingerprint density at radius 2 is 1.94 bits per heavy atom. The fourth-order valence-corrected chi connectivity index (χ4v) is 3.49.